The van der Waals surface area contributed by atoms with Crippen molar-refractivity contribution in [3.63, 3.8) is 0 Å². The molecule has 1 N–H and O–H groups in total. The largest absolute Gasteiger partial charge is 0.313 e. The Kier molecular flexibility index (Phi) is 3.11. The Morgan fingerprint density at radius 2 is 2.00 bits per heavy atom. The summed E-state index contributed by atoms with van der Waals surface area (Å²) in [5, 5.41) is 3.86. The van der Waals surface area contributed by atoms with Gasteiger partial charge in [0.05, 0.1) is 0 Å². The van der Waals surface area contributed by atoms with Crippen molar-refractivity contribution < 1.29 is 0 Å². The molecule has 0 radical (unpaired) electrons. The third-order valence-electron chi connectivity index (χ3n) is 6.20. The van der Waals surface area contributed by atoms with Gasteiger partial charge >= 0.3 is 0 Å². The first-order valence-electron chi connectivity index (χ1n) is 7.15. The van der Waals surface area contributed by atoms with Gasteiger partial charge in [-0.2, -0.15) is 0 Å². The lowest BCUT2D eigenvalue weighted by molar-refractivity contribution is 0.119. The SMILES string of the molecule is CCC(C)CNC1CC2CCC1(C)C2(C)C. The Hall–Kier alpha value is -0.0400. The predicted octanol–water partition coefficient (Wildman–Crippen LogP) is 3.84. The Bertz CT molecular complexity index is 258. The number of hydrogen-bond donors (Lipinski definition) is 1. The molecule has 2 bridgehead atoms. The molecule has 4 unspecified atom stereocenters. The van der Waals surface area contributed by atoms with Gasteiger partial charge in [-0.05, 0) is 48.5 Å². The van der Waals surface area contributed by atoms with E-state index in [0.717, 1.165) is 17.9 Å². The molecule has 0 saturated heterocycles. The minimum Gasteiger partial charge on any atom is -0.313 e. The molecule has 4 atom stereocenters. The summed E-state index contributed by atoms with van der Waals surface area (Å²) in [6.45, 7) is 13.4. The molecule has 0 heterocycles. The summed E-state index contributed by atoms with van der Waals surface area (Å²) < 4.78 is 0. The van der Waals surface area contributed by atoms with E-state index in [2.05, 4.69) is 39.9 Å². The van der Waals surface area contributed by atoms with E-state index in [-0.39, 0.29) is 0 Å². The van der Waals surface area contributed by atoms with Crippen LogP contribution in [0.5, 0.6) is 0 Å². The molecule has 1 nitrogen and oxygen atoms in total. The van der Waals surface area contributed by atoms with E-state index in [1.807, 2.05) is 0 Å². The normalized spacial score (nSPS) is 42.6. The topological polar surface area (TPSA) is 12.0 Å². The van der Waals surface area contributed by atoms with Crippen LogP contribution in [0.2, 0.25) is 0 Å². The van der Waals surface area contributed by atoms with Gasteiger partial charge in [-0.15, -0.1) is 0 Å². The Labute approximate surface area is 101 Å². The summed E-state index contributed by atoms with van der Waals surface area (Å²) >= 11 is 0. The standard InChI is InChI=1S/C15H29N/c1-6-11(2)10-16-13-9-12-7-8-15(13,5)14(12,3)4/h11-13,16H,6-10H2,1-5H3. The van der Waals surface area contributed by atoms with Gasteiger partial charge in [0.2, 0.25) is 0 Å². The Balaban J connectivity index is 1.99. The van der Waals surface area contributed by atoms with Gasteiger partial charge in [0.25, 0.3) is 0 Å². The van der Waals surface area contributed by atoms with Crippen molar-refractivity contribution in [2.45, 2.75) is 66.3 Å². The van der Waals surface area contributed by atoms with E-state index in [4.69, 9.17) is 0 Å². The molecule has 0 aliphatic heterocycles. The fourth-order valence-electron chi connectivity index (χ4n) is 4.00. The second-order valence-corrected chi connectivity index (χ2v) is 7.08. The summed E-state index contributed by atoms with van der Waals surface area (Å²) in [5.41, 5.74) is 1.10. The summed E-state index contributed by atoms with van der Waals surface area (Å²) in [7, 11) is 0. The molecular weight excluding hydrogens is 194 g/mol. The van der Waals surface area contributed by atoms with Crippen molar-refractivity contribution in [3.05, 3.63) is 0 Å². The maximum Gasteiger partial charge on any atom is 0.0129 e. The third kappa shape index (κ3) is 1.63. The highest BCUT2D eigenvalue weighted by molar-refractivity contribution is 5.12. The first kappa shape index (κ1) is 12.4. The van der Waals surface area contributed by atoms with Gasteiger partial charge in [-0.25, -0.2) is 0 Å². The van der Waals surface area contributed by atoms with E-state index in [9.17, 15) is 0 Å². The molecule has 94 valence electrons. The number of nitrogens with one attached hydrogen (secondary N) is 1. The number of fused-ring (bicyclic) bond motifs is 2. The van der Waals surface area contributed by atoms with Crippen LogP contribution in [-0.2, 0) is 0 Å². The molecule has 0 spiro atoms. The molecule has 0 aromatic rings. The molecule has 2 rings (SSSR count). The lowest BCUT2D eigenvalue weighted by atomic mass is 9.69. The van der Waals surface area contributed by atoms with Gasteiger partial charge < -0.3 is 5.32 Å². The molecule has 2 saturated carbocycles. The van der Waals surface area contributed by atoms with E-state index in [1.54, 1.807) is 0 Å². The lowest BCUT2D eigenvalue weighted by Crippen LogP contribution is -2.45. The molecule has 0 amide bonds. The number of hydrogen-bond acceptors (Lipinski definition) is 1. The molecule has 2 fully saturated rings. The maximum absolute atomic E-state index is 3.86. The average molecular weight is 223 g/mol. The Morgan fingerprint density at radius 3 is 2.44 bits per heavy atom. The van der Waals surface area contributed by atoms with E-state index in [0.29, 0.717) is 10.8 Å². The summed E-state index contributed by atoms with van der Waals surface area (Å²) in [4.78, 5) is 0. The van der Waals surface area contributed by atoms with E-state index in [1.165, 1.54) is 32.2 Å². The van der Waals surface area contributed by atoms with Gasteiger partial charge in [0, 0.05) is 6.04 Å². The van der Waals surface area contributed by atoms with Crippen molar-refractivity contribution >= 4 is 0 Å². The quantitative estimate of drug-likeness (QED) is 0.763. The van der Waals surface area contributed by atoms with Crippen LogP contribution in [0.4, 0.5) is 0 Å². The molecule has 2 aliphatic carbocycles. The van der Waals surface area contributed by atoms with Crippen LogP contribution in [-0.4, -0.2) is 12.6 Å². The maximum atomic E-state index is 3.86. The van der Waals surface area contributed by atoms with Crippen LogP contribution >= 0.6 is 0 Å². The smallest absolute Gasteiger partial charge is 0.0129 e. The second-order valence-electron chi connectivity index (χ2n) is 7.08. The molecule has 2 aliphatic rings. The predicted molar refractivity (Wildman–Crippen MR) is 70.5 cm³/mol. The lowest BCUT2D eigenvalue weighted by Gasteiger charge is -2.40. The third-order valence-corrected chi connectivity index (χ3v) is 6.20. The van der Waals surface area contributed by atoms with E-state index < -0.39 is 0 Å². The average Bonchev–Trinajstić information content (AvgIpc) is 2.58. The van der Waals surface area contributed by atoms with Crippen LogP contribution < -0.4 is 5.32 Å². The van der Waals surface area contributed by atoms with Crippen LogP contribution in [0.25, 0.3) is 0 Å². The van der Waals surface area contributed by atoms with Crippen LogP contribution in [0, 0.1) is 22.7 Å². The zero-order chi connectivity index (χ0) is 12.0. The highest BCUT2D eigenvalue weighted by atomic mass is 15.0. The highest BCUT2D eigenvalue weighted by Gasteiger charge is 2.60. The van der Waals surface area contributed by atoms with Crippen molar-refractivity contribution in [3.8, 4) is 0 Å². The van der Waals surface area contributed by atoms with Crippen molar-refractivity contribution in [2.24, 2.45) is 22.7 Å². The molecule has 0 aromatic carbocycles. The van der Waals surface area contributed by atoms with Crippen LogP contribution in [0.3, 0.4) is 0 Å². The van der Waals surface area contributed by atoms with Gasteiger partial charge in [-0.3, -0.25) is 0 Å². The monoisotopic (exact) mass is 223 g/mol. The molecule has 1 heteroatoms. The fraction of sp³-hybridized carbons (Fsp3) is 1.00. The number of rotatable bonds is 4. The molecule has 0 aromatic heterocycles. The van der Waals surface area contributed by atoms with Crippen LogP contribution in [0.15, 0.2) is 0 Å². The van der Waals surface area contributed by atoms with Gasteiger partial charge in [-0.1, -0.05) is 41.0 Å². The van der Waals surface area contributed by atoms with E-state index >= 15 is 0 Å². The zero-order valence-corrected chi connectivity index (χ0v) is 11.8. The highest BCUT2D eigenvalue weighted by Crippen LogP contribution is 2.65. The fourth-order valence-corrected chi connectivity index (χ4v) is 4.00. The minimum atomic E-state index is 0.547. The summed E-state index contributed by atoms with van der Waals surface area (Å²) in [6.07, 6.45) is 5.61. The molecule has 16 heavy (non-hydrogen) atoms. The summed E-state index contributed by atoms with van der Waals surface area (Å²) in [5.74, 6) is 1.79. The second kappa shape index (κ2) is 4.01. The van der Waals surface area contributed by atoms with Crippen molar-refractivity contribution in [1.82, 2.24) is 5.32 Å². The van der Waals surface area contributed by atoms with Crippen LogP contribution in [0.1, 0.15) is 60.3 Å². The van der Waals surface area contributed by atoms with Gasteiger partial charge in [0.1, 0.15) is 0 Å². The summed E-state index contributed by atoms with van der Waals surface area (Å²) in [6, 6.07) is 0.773. The zero-order valence-electron chi connectivity index (χ0n) is 11.8. The van der Waals surface area contributed by atoms with Crippen molar-refractivity contribution in [2.75, 3.05) is 6.54 Å². The molecular formula is C15H29N. The minimum absolute atomic E-state index is 0.547. The van der Waals surface area contributed by atoms with Gasteiger partial charge in [0.15, 0.2) is 0 Å². The van der Waals surface area contributed by atoms with Crippen molar-refractivity contribution in [1.29, 1.82) is 0 Å². The first-order chi connectivity index (χ1) is 7.41. The first-order valence-corrected chi connectivity index (χ1v) is 7.15. The Morgan fingerprint density at radius 1 is 1.31 bits per heavy atom.